The van der Waals surface area contributed by atoms with Gasteiger partial charge in [0, 0.05) is 29.1 Å². The Morgan fingerprint density at radius 2 is 2.32 bits per heavy atom. The normalized spacial score (nSPS) is 17.8. The highest BCUT2D eigenvalue weighted by atomic mass is 32.1. The zero-order chi connectivity index (χ0) is 13.1. The maximum absolute atomic E-state index is 5.71. The lowest BCUT2D eigenvalue weighted by Crippen LogP contribution is -2.14. The molecule has 2 heterocycles. The molecule has 1 unspecified atom stereocenters. The van der Waals surface area contributed by atoms with E-state index < -0.39 is 0 Å². The zero-order valence-electron chi connectivity index (χ0n) is 11.1. The fourth-order valence-electron chi connectivity index (χ4n) is 2.41. The molecule has 0 amide bonds. The number of nitrogens with zero attached hydrogens (tertiary/aromatic N) is 1. The Kier molecular flexibility index (Phi) is 3.80. The number of nitrogens with one attached hydrogen (secondary N) is 1. The molecule has 1 aromatic heterocycles. The molecule has 0 spiro atoms. The lowest BCUT2D eigenvalue weighted by molar-refractivity contribution is 0.277. The first kappa shape index (κ1) is 12.6. The molecule has 1 N–H and O–H groups in total. The quantitative estimate of drug-likeness (QED) is 0.930. The van der Waals surface area contributed by atoms with Crippen LogP contribution >= 0.6 is 11.3 Å². The van der Waals surface area contributed by atoms with E-state index in [1.165, 1.54) is 15.4 Å². The highest BCUT2D eigenvalue weighted by Crippen LogP contribution is 2.39. The Labute approximate surface area is 117 Å². The number of para-hydroxylation sites is 1. The van der Waals surface area contributed by atoms with Crippen molar-refractivity contribution in [1.29, 1.82) is 0 Å². The number of hydrogen-bond donors (Lipinski definition) is 1. The van der Waals surface area contributed by atoms with Crippen LogP contribution in [0.2, 0.25) is 0 Å². The summed E-state index contributed by atoms with van der Waals surface area (Å²) in [6.07, 6.45) is 3.02. The van der Waals surface area contributed by atoms with Crippen molar-refractivity contribution in [3.63, 3.8) is 0 Å². The molecule has 1 aliphatic heterocycles. The standard InChI is InChI=1S/C15H18N2OS/c1-2-16-9-11-10-17-15(19-11)13-7-8-18-14-6-4-3-5-12(13)14/h3-6,10,13,16H,2,7-9H2,1H3. The summed E-state index contributed by atoms with van der Waals surface area (Å²) in [5.74, 6) is 1.41. The molecule has 1 aliphatic rings. The topological polar surface area (TPSA) is 34.2 Å². The summed E-state index contributed by atoms with van der Waals surface area (Å²) in [4.78, 5) is 5.92. The average molecular weight is 274 g/mol. The third-order valence-electron chi connectivity index (χ3n) is 3.38. The van der Waals surface area contributed by atoms with Gasteiger partial charge in [0.1, 0.15) is 10.8 Å². The average Bonchev–Trinajstić information content (AvgIpc) is 2.93. The Morgan fingerprint density at radius 3 is 3.21 bits per heavy atom. The van der Waals surface area contributed by atoms with E-state index in [9.17, 15) is 0 Å². The summed E-state index contributed by atoms with van der Waals surface area (Å²) < 4.78 is 5.71. The van der Waals surface area contributed by atoms with Gasteiger partial charge in [-0.05, 0) is 19.0 Å². The van der Waals surface area contributed by atoms with Crippen LogP contribution in [0.4, 0.5) is 0 Å². The van der Waals surface area contributed by atoms with E-state index in [1.54, 1.807) is 0 Å². The van der Waals surface area contributed by atoms with Crippen LogP contribution in [-0.4, -0.2) is 18.1 Å². The van der Waals surface area contributed by atoms with Crippen LogP contribution in [0.25, 0.3) is 0 Å². The lowest BCUT2D eigenvalue weighted by atomic mass is 9.94. The van der Waals surface area contributed by atoms with Gasteiger partial charge in [0.2, 0.25) is 0 Å². The van der Waals surface area contributed by atoms with Gasteiger partial charge in [-0.1, -0.05) is 25.1 Å². The minimum Gasteiger partial charge on any atom is -0.493 e. The minimum atomic E-state index is 0.394. The Balaban J connectivity index is 1.85. The number of fused-ring (bicyclic) bond motifs is 1. The number of benzene rings is 1. The molecule has 0 saturated carbocycles. The Morgan fingerprint density at radius 1 is 1.42 bits per heavy atom. The second-order valence-electron chi connectivity index (χ2n) is 4.67. The fourth-order valence-corrected chi connectivity index (χ4v) is 3.45. The van der Waals surface area contributed by atoms with Gasteiger partial charge in [-0.2, -0.15) is 0 Å². The van der Waals surface area contributed by atoms with Crippen molar-refractivity contribution in [3.05, 3.63) is 45.9 Å². The van der Waals surface area contributed by atoms with Crippen LogP contribution in [0.3, 0.4) is 0 Å². The van der Waals surface area contributed by atoms with Crippen LogP contribution in [0.15, 0.2) is 30.5 Å². The third kappa shape index (κ3) is 2.65. The van der Waals surface area contributed by atoms with Crippen LogP contribution < -0.4 is 10.1 Å². The molecule has 0 fully saturated rings. The van der Waals surface area contributed by atoms with E-state index in [0.717, 1.165) is 31.9 Å². The van der Waals surface area contributed by atoms with Crippen LogP contribution in [-0.2, 0) is 6.54 Å². The van der Waals surface area contributed by atoms with E-state index in [-0.39, 0.29) is 0 Å². The van der Waals surface area contributed by atoms with Crippen LogP contribution in [0.5, 0.6) is 5.75 Å². The molecule has 0 bridgehead atoms. The van der Waals surface area contributed by atoms with Crippen molar-refractivity contribution in [2.24, 2.45) is 0 Å². The molecule has 4 heteroatoms. The van der Waals surface area contributed by atoms with Gasteiger partial charge in [0.15, 0.2) is 0 Å². The smallest absolute Gasteiger partial charge is 0.123 e. The van der Waals surface area contributed by atoms with Gasteiger partial charge in [-0.3, -0.25) is 0 Å². The monoisotopic (exact) mass is 274 g/mol. The molecule has 1 aromatic carbocycles. The molecular formula is C15H18N2OS. The van der Waals surface area contributed by atoms with E-state index in [1.807, 2.05) is 23.6 Å². The molecule has 19 heavy (non-hydrogen) atoms. The largest absolute Gasteiger partial charge is 0.493 e. The van der Waals surface area contributed by atoms with Crippen LogP contribution in [0, 0.1) is 0 Å². The summed E-state index contributed by atoms with van der Waals surface area (Å²) in [5, 5.41) is 4.56. The van der Waals surface area contributed by atoms with Crippen LogP contribution in [0.1, 0.15) is 34.7 Å². The van der Waals surface area contributed by atoms with Gasteiger partial charge in [-0.15, -0.1) is 11.3 Å². The molecule has 3 rings (SSSR count). The fraction of sp³-hybridized carbons (Fsp3) is 0.400. The summed E-state index contributed by atoms with van der Waals surface area (Å²) >= 11 is 1.81. The number of rotatable bonds is 4. The van der Waals surface area contributed by atoms with Gasteiger partial charge >= 0.3 is 0 Å². The van der Waals surface area contributed by atoms with Crippen molar-refractivity contribution in [2.75, 3.05) is 13.2 Å². The molecule has 1 atom stereocenters. The van der Waals surface area contributed by atoms with Gasteiger partial charge < -0.3 is 10.1 Å². The lowest BCUT2D eigenvalue weighted by Gasteiger charge is -2.24. The maximum Gasteiger partial charge on any atom is 0.123 e. The molecule has 0 saturated heterocycles. The van der Waals surface area contributed by atoms with Crippen molar-refractivity contribution in [1.82, 2.24) is 10.3 Å². The van der Waals surface area contributed by atoms with Gasteiger partial charge in [0.05, 0.1) is 6.61 Å². The molecule has 0 radical (unpaired) electrons. The van der Waals surface area contributed by atoms with Gasteiger partial charge in [-0.25, -0.2) is 4.98 Å². The first-order valence-electron chi connectivity index (χ1n) is 6.75. The second-order valence-corrected chi connectivity index (χ2v) is 5.82. The Hall–Kier alpha value is -1.39. The van der Waals surface area contributed by atoms with Crippen molar-refractivity contribution < 1.29 is 4.74 Å². The highest BCUT2D eigenvalue weighted by molar-refractivity contribution is 7.11. The first-order chi connectivity index (χ1) is 9.38. The molecular weight excluding hydrogens is 256 g/mol. The molecule has 100 valence electrons. The summed E-state index contributed by atoms with van der Waals surface area (Å²) in [6, 6.07) is 8.31. The molecule has 0 aliphatic carbocycles. The van der Waals surface area contributed by atoms with E-state index in [4.69, 9.17) is 4.74 Å². The summed E-state index contributed by atoms with van der Waals surface area (Å²) in [6.45, 7) is 4.81. The second kappa shape index (κ2) is 5.72. The van der Waals surface area contributed by atoms with E-state index >= 15 is 0 Å². The minimum absolute atomic E-state index is 0.394. The SMILES string of the molecule is CCNCc1cnc(C2CCOc3ccccc32)s1. The number of hydrogen-bond acceptors (Lipinski definition) is 4. The highest BCUT2D eigenvalue weighted by Gasteiger charge is 2.24. The molecule has 2 aromatic rings. The number of ether oxygens (including phenoxy) is 1. The zero-order valence-corrected chi connectivity index (χ0v) is 11.9. The van der Waals surface area contributed by atoms with E-state index in [0.29, 0.717) is 5.92 Å². The molecule has 3 nitrogen and oxygen atoms in total. The third-order valence-corrected chi connectivity index (χ3v) is 4.49. The first-order valence-corrected chi connectivity index (χ1v) is 7.57. The Bertz CT molecular complexity index is 553. The van der Waals surface area contributed by atoms with Crippen molar-refractivity contribution in [3.8, 4) is 5.75 Å². The van der Waals surface area contributed by atoms with Gasteiger partial charge in [0.25, 0.3) is 0 Å². The van der Waals surface area contributed by atoms with E-state index in [2.05, 4.69) is 35.4 Å². The predicted molar refractivity (Wildman–Crippen MR) is 77.9 cm³/mol. The number of aromatic nitrogens is 1. The maximum atomic E-state index is 5.71. The number of thiazole rings is 1. The summed E-state index contributed by atoms with van der Waals surface area (Å²) in [5.41, 5.74) is 1.28. The van der Waals surface area contributed by atoms with Crippen molar-refractivity contribution >= 4 is 11.3 Å². The summed E-state index contributed by atoms with van der Waals surface area (Å²) in [7, 11) is 0. The van der Waals surface area contributed by atoms with Crippen molar-refractivity contribution in [2.45, 2.75) is 25.8 Å². The predicted octanol–water partition coefficient (Wildman–Crippen LogP) is 3.17.